The number of nitro groups is 1. The van der Waals surface area contributed by atoms with Crippen molar-refractivity contribution in [1.82, 2.24) is 5.53 Å². The molecule has 0 unspecified atom stereocenters. The second-order valence-electron chi connectivity index (χ2n) is 0.386. The van der Waals surface area contributed by atoms with Crippen LogP contribution in [0.25, 0.3) is 0 Å². The molecule has 0 bridgehead atoms. The SMILES string of the molecule is NN[N+](=O)[O-].O.[Na+].[OH-]. The van der Waals surface area contributed by atoms with Crippen LogP contribution in [0.4, 0.5) is 0 Å². The Kier molecular flexibility index (Phi) is 47.8. The summed E-state index contributed by atoms with van der Waals surface area (Å²) in [6.07, 6.45) is 0. The molecule has 0 saturated carbocycles. The van der Waals surface area contributed by atoms with E-state index in [-0.39, 0.29) is 40.5 Å². The number of hydrogen-bond donors (Lipinski definition) is 2. The first kappa shape index (κ1) is 24.3. The first-order valence-corrected chi connectivity index (χ1v) is 0.877. The van der Waals surface area contributed by atoms with Gasteiger partial charge >= 0.3 is 29.6 Å². The molecule has 0 amide bonds. The van der Waals surface area contributed by atoms with Crippen molar-refractivity contribution < 1.29 is 45.5 Å². The van der Waals surface area contributed by atoms with Gasteiger partial charge in [-0.3, -0.25) is 0 Å². The number of hydrazine groups is 2. The second kappa shape index (κ2) is 15.7. The molecule has 0 fully saturated rings. The Morgan fingerprint density at radius 2 is 1.75 bits per heavy atom. The molecule has 0 aromatic heterocycles. The minimum atomic E-state index is -0.847. The average Bonchev–Trinajstić information content (AvgIpc) is 1.38. The normalized spacial score (nSPS) is 4.12. The summed E-state index contributed by atoms with van der Waals surface area (Å²) in [5, 5.41) is 8.09. The van der Waals surface area contributed by atoms with E-state index in [2.05, 4.69) is 5.84 Å². The summed E-state index contributed by atoms with van der Waals surface area (Å²) >= 11 is 0. The van der Waals surface area contributed by atoms with Gasteiger partial charge in [0.15, 0.2) is 5.03 Å². The molecular weight excluding hydrogens is 129 g/mol. The van der Waals surface area contributed by atoms with Gasteiger partial charge in [-0.2, -0.15) is 5.84 Å². The van der Waals surface area contributed by atoms with Crippen LogP contribution in [0.15, 0.2) is 0 Å². The van der Waals surface area contributed by atoms with Gasteiger partial charge in [-0.25, -0.2) is 10.1 Å². The fraction of sp³-hybridized carbons (Fsp3) is 0. The van der Waals surface area contributed by atoms with Crippen LogP contribution in [0, 0.1) is 10.1 Å². The maximum absolute atomic E-state index is 8.94. The number of nitrogens with one attached hydrogen (secondary N) is 1. The summed E-state index contributed by atoms with van der Waals surface area (Å²) in [7, 11) is 0. The van der Waals surface area contributed by atoms with Crippen LogP contribution in [-0.2, 0) is 0 Å². The minimum absolute atomic E-state index is 0. The summed E-state index contributed by atoms with van der Waals surface area (Å²) in [4.78, 5) is 8.94. The van der Waals surface area contributed by atoms with E-state index < -0.39 is 5.03 Å². The van der Waals surface area contributed by atoms with Crippen LogP contribution in [-0.4, -0.2) is 16.0 Å². The average molecular weight is 135 g/mol. The van der Waals surface area contributed by atoms with E-state index in [1.54, 1.807) is 0 Å². The van der Waals surface area contributed by atoms with Crippen molar-refractivity contribution >= 4 is 0 Å². The van der Waals surface area contributed by atoms with E-state index in [0.29, 0.717) is 0 Å². The van der Waals surface area contributed by atoms with Crippen LogP contribution >= 0.6 is 0 Å². The third-order valence-electron chi connectivity index (χ3n) is 0.105. The Labute approximate surface area is 67.2 Å². The summed E-state index contributed by atoms with van der Waals surface area (Å²) in [5.74, 6) is 4.22. The molecule has 0 aliphatic heterocycles. The largest absolute Gasteiger partial charge is 1.00 e. The molecule has 8 heteroatoms. The first-order valence-electron chi connectivity index (χ1n) is 0.877. The predicted molar refractivity (Wildman–Crippen MR) is 19.9 cm³/mol. The summed E-state index contributed by atoms with van der Waals surface area (Å²) in [6, 6.07) is 0. The van der Waals surface area contributed by atoms with Crippen LogP contribution < -0.4 is 40.9 Å². The Morgan fingerprint density at radius 3 is 1.75 bits per heavy atom. The molecule has 0 atom stereocenters. The van der Waals surface area contributed by atoms with Crippen LogP contribution in [0.3, 0.4) is 0 Å². The zero-order chi connectivity index (χ0) is 4.28. The van der Waals surface area contributed by atoms with Crippen molar-refractivity contribution in [2.24, 2.45) is 5.84 Å². The summed E-state index contributed by atoms with van der Waals surface area (Å²) in [5.41, 5.74) is 1.25. The molecule has 7 nitrogen and oxygen atoms in total. The Morgan fingerprint density at radius 1 is 1.62 bits per heavy atom. The molecule has 8 heavy (non-hydrogen) atoms. The van der Waals surface area contributed by atoms with Crippen molar-refractivity contribution in [2.45, 2.75) is 0 Å². The van der Waals surface area contributed by atoms with Crippen molar-refractivity contribution in [3.63, 3.8) is 0 Å². The third-order valence-corrected chi connectivity index (χ3v) is 0.105. The van der Waals surface area contributed by atoms with Crippen molar-refractivity contribution in [2.75, 3.05) is 0 Å². The smallest absolute Gasteiger partial charge is 0.870 e. The van der Waals surface area contributed by atoms with Gasteiger partial charge in [0.1, 0.15) is 0 Å². The minimum Gasteiger partial charge on any atom is -0.870 e. The van der Waals surface area contributed by atoms with E-state index in [4.69, 9.17) is 10.1 Å². The number of nitrogens with zero attached hydrogens (tertiary/aromatic N) is 1. The van der Waals surface area contributed by atoms with Crippen LogP contribution in [0.5, 0.6) is 0 Å². The van der Waals surface area contributed by atoms with Gasteiger partial charge in [0.25, 0.3) is 0 Å². The Bertz CT molecular complexity index is 46.5. The zero-order valence-corrected chi connectivity index (χ0v) is 6.29. The van der Waals surface area contributed by atoms with Gasteiger partial charge in [0.05, 0.1) is 0 Å². The molecule has 0 aliphatic carbocycles. The van der Waals surface area contributed by atoms with Crippen molar-refractivity contribution in [3.8, 4) is 0 Å². The molecule has 0 aromatic rings. The Hall–Kier alpha value is 0.0800. The molecule has 0 rings (SSSR count). The molecule has 0 saturated heterocycles. The van der Waals surface area contributed by atoms with Gasteiger partial charge in [-0.05, 0) is 0 Å². The van der Waals surface area contributed by atoms with Gasteiger partial charge < -0.3 is 11.0 Å². The number of nitrogens with two attached hydrogens (primary N) is 1. The quantitative estimate of drug-likeness (QED) is 0.160. The van der Waals surface area contributed by atoms with E-state index in [1.807, 2.05) is 0 Å². The molecule has 0 radical (unpaired) electrons. The van der Waals surface area contributed by atoms with Gasteiger partial charge in [0, 0.05) is 0 Å². The topological polar surface area (TPSA) is 143 Å². The molecule has 6 N–H and O–H groups in total. The fourth-order valence-corrected chi connectivity index (χ4v) is 0. The standard InChI is InChI=1S/H3N3O2.Na.2H2O/c1-2-3(4)5;;;/h2H,1H2;;2*1H2/q;+1;;/p-1. The van der Waals surface area contributed by atoms with Gasteiger partial charge in [-0.1, -0.05) is 5.53 Å². The van der Waals surface area contributed by atoms with E-state index in [0.717, 1.165) is 0 Å². The van der Waals surface area contributed by atoms with Crippen LogP contribution in [0.1, 0.15) is 0 Å². The maximum Gasteiger partial charge on any atom is 1.00 e. The van der Waals surface area contributed by atoms with Crippen LogP contribution in [0.2, 0.25) is 0 Å². The van der Waals surface area contributed by atoms with Crippen molar-refractivity contribution in [1.29, 1.82) is 0 Å². The summed E-state index contributed by atoms with van der Waals surface area (Å²) < 4.78 is 0. The molecule has 0 spiro atoms. The second-order valence-corrected chi connectivity index (χ2v) is 0.386. The number of rotatable bonds is 1. The number of hydrogen-bond acceptors (Lipinski definition) is 4. The van der Waals surface area contributed by atoms with Gasteiger partial charge in [0.2, 0.25) is 0 Å². The Balaban J connectivity index is -0.0000000267. The molecule has 46 valence electrons. The van der Waals surface area contributed by atoms with E-state index >= 15 is 0 Å². The fourth-order valence-electron chi connectivity index (χ4n) is 0. The monoisotopic (exact) mass is 135 g/mol. The van der Waals surface area contributed by atoms with E-state index in [9.17, 15) is 0 Å². The zero-order valence-electron chi connectivity index (χ0n) is 4.29. The van der Waals surface area contributed by atoms with E-state index in [1.165, 1.54) is 5.53 Å². The predicted octanol–water partition coefficient (Wildman–Crippen LogP) is -5.36. The molecular formula is H6N3NaO4. The third kappa shape index (κ3) is 36.3. The molecule has 0 heterocycles. The summed E-state index contributed by atoms with van der Waals surface area (Å²) in [6.45, 7) is 0. The van der Waals surface area contributed by atoms with Crippen molar-refractivity contribution in [3.05, 3.63) is 10.1 Å². The molecule has 0 aliphatic rings. The maximum atomic E-state index is 8.94. The first-order chi connectivity index (χ1) is 2.27. The van der Waals surface area contributed by atoms with Gasteiger partial charge in [-0.15, -0.1) is 0 Å². The molecule has 0 aromatic carbocycles.